The van der Waals surface area contributed by atoms with Gasteiger partial charge in [0, 0.05) is 18.4 Å². The quantitative estimate of drug-likeness (QED) is 0.701. The Balaban J connectivity index is 1.72. The summed E-state index contributed by atoms with van der Waals surface area (Å²) in [6.45, 7) is 7.25. The Morgan fingerprint density at radius 3 is 2.62 bits per heavy atom. The van der Waals surface area contributed by atoms with Crippen LogP contribution < -0.4 is 15.5 Å². The molecule has 8 nitrogen and oxygen atoms in total. The summed E-state index contributed by atoms with van der Waals surface area (Å²) in [5, 5.41) is 10.1. The molecule has 1 aromatic carbocycles. The predicted molar refractivity (Wildman–Crippen MR) is 115 cm³/mol. The number of carbonyl (C=O) groups is 2. The number of benzene rings is 1. The Hall–Kier alpha value is -3.15. The van der Waals surface area contributed by atoms with E-state index < -0.39 is 5.41 Å². The first kappa shape index (κ1) is 20.7. The lowest BCUT2D eigenvalue weighted by molar-refractivity contribution is -0.906. The second kappa shape index (κ2) is 7.19. The van der Waals surface area contributed by atoms with Crippen LogP contribution in [0.3, 0.4) is 0 Å². The van der Waals surface area contributed by atoms with Crippen molar-refractivity contribution in [2.75, 3.05) is 37.9 Å². The first-order valence-electron chi connectivity index (χ1n) is 11.0. The Bertz CT molecular complexity index is 1120. The van der Waals surface area contributed by atoms with Crippen molar-refractivity contribution in [3.05, 3.63) is 52.6 Å². The highest BCUT2D eigenvalue weighted by atomic mass is 16.5. The van der Waals surface area contributed by atoms with Crippen molar-refractivity contribution in [3.63, 3.8) is 0 Å². The number of anilines is 1. The maximum Gasteiger partial charge on any atom is 0.252 e. The molecule has 1 saturated heterocycles. The summed E-state index contributed by atoms with van der Waals surface area (Å²) in [6, 6.07) is 9.53. The van der Waals surface area contributed by atoms with Gasteiger partial charge < -0.3 is 20.1 Å². The third-order valence-electron chi connectivity index (χ3n) is 6.92. The molecule has 0 unspecified atom stereocenters. The van der Waals surface area contributed by atoms with Crippen LogP contribution in [-0.4, -0.2) is 44.7 Å². The number of ketones is 1. The van der Waals surface area contributed by atoms with Crippen LogP contribution in [0.5, 0.6) is 0 Å². The zero-order chi connectivity index (χ0) is 22.7. The molecule has 166 valence electrons. The summed E-state index contributed by atoms with van der Waals surface area (Å²) < 4.78 is 11.3. The minimum Gasteiger partial charge on any atom is -0.444 e. The zero-order valence-corrected chi connectivity index (χ0v) is 18.4. The van der Waals surface area contributed by atoms with Crippen LogP contribution in [0.15, 0.2) is 47.1 Å². The van der Waals surface area contributed by atoms with Crippen LogP contribution in [-0.2, 0) is 24.5 Å². The average Bonchev–Trinajstić information content (AvgIpc) is 2.97. The molecular formula is C24H27N4O4+. The molecule has 3 aliphatic heterocycles. The van der Waals surface area contributed by atoms with E-state index in [4.69, 9.17) is 15.2 Å². The number of fused-ring (bicyclic) bond motifs is 3. The molecule has 1 aromatic rings. The van der Waals surface area contributed by atoms with Gasteiger partial charge in [0.15, 0.2) is 12.5 Å². The molecular weight excluding hydrogens is 408 g/mol. The number of ether oxygens (including phenoxy) is 2. The number of hydrogen-bond acceptors (Lipinski definition) is 6. The number of hydrogen-bond donors (Lipinski definition) is 2. The number of nitrogens with one attached hydrogen (secondary N) is 1. The Morgan fingerprint density at radius 2 is 1.91 bits per heavy atom. The molecule has 3 heterocycles. The van der Waals surface area contributed by atoms with Crippen LogP contribution >= 0.6 is 0 Å². The first-order valence-corrected chi connectivity index (χ1v) is 11.0. The molecule has 0 radical (unpaired) electrons. The van der Waals surface area contributed by atoms with Crippen LogP contribution in [0.4, 0.5) is 5.69 Å². The first-order chi connectivity index (χ1) is 15.3. The molecule has 0 aromatic heterocycles. The van der Waals surface area contributed by atoms with Crippen LogP contribution in [0.1, 0.15) is 32.3 Å². The zero-order valence-electron chi connectivity index (χ0n) is 18.4. The van der Waals surface area contributed by atoms with Crippen molar-refractivity contribution in [2.45, 2.75) is 32.1 Å². The van der Waals surface area contributed by atoms with Crippen molar-refractivity contribution in [1.29, 1.82) is 5.26 Å². The summed E-state index contributed by atoms with van der Waals surface area (Å²) in [4.78, 5) is 30.7. The number of nitriles is 1. The number of nitrogens with two attached hydrogens (primary N) is 1. The van der Waals surface area contributed by atoms with E-state index in [-0.39, 0.29) is 40.6 Å². The molecule has 0 bridgehead atoms. The van der Waals surface area contributed by atoms with E-state index in [1.807, 2.05) is 38.1 Å². The smallest absolute Gasteiger partial charge is 0.252 e. The molecule has 1 fully saturated rings. The number of quaternary nitrogens is 1. The fourth-order valence-corrected chi connectivity index (χ4v) is 5.54. The highest BCUT2D eigenvalue weighted by Gasteiger charge is 2.63. The minimum atomic E-state index is -1.55. The maximum absolute atomic E-state index is 14.3. The molecule has 5 rings (SSSR count). The number of allylic oxidation sites excluding steroid dienone is 1. The molecule has 0 saturated carbocycles. The Morgan fingerprint density at radius 1 is 1.19 bits per heavy atom. The standard InChI is InChI=1S/C24H26N4O4/c1-23(2)11-18(29)20-19(12-23)32-21(26)16(13-25)24(20)15-5-3-4-6-17(15)28(22(24)30)14-27-7-9-31-10-8-27/h3-6H,7-12,14,26H2,1-2H3/p+1/t24-/m0/s1. The third kappa shape index (κ3) is 2.81. The molecule has 1 atom stereocenters. The largest absolute Gasteiger partial charge is 0.444 e. The number of para-hydroxylation sites is 1. The number of nitrogens with zero attached hydrogens (tertiary/aromatic N) is 2. The number of rotatable bonds is 2. The van der Waals surface area contributed by atoms with Gasteiger partial charge in [0.25, 0.3) is 5.91 Å². The molecule has 1 spiro atoms. The van der Waals surface area contributed by atoms with Gasteiger partial charge in [0.05, 0.1) is 24.5 Å². The third-order valence-corrected chi connectivity index (χ3v) is 6.92. The molecule has 32 heavy (non-hydrogen) atoms. The van der Waals surface area contributed by atoms with Gasteiger partial charge in [0.2, 0.25) is 5.88 Å². The van der Waals surface area contributed by atoms with Gasteiger partial charge in [0.1, 0.15) is 35.9 Å². The highest BCUT2D eigenvalue weighted by Crippen LogP contribution is 2.57. The van der Waals surface area contributed by atoms with Crippen molar-refractivity contribution >= 4 is 17.4 Å². The fraction of sp³-hybridized carbons (Fsp3) is 0.458. The fourth-order valence-electron chi connectivity index (χ4n) is 5.54. The van der Waals surface area contributed by atoms with Crippen LogP contribution in [0.2, 0.25) is 0 Å². The summed E-state index contributed by atoms with van der Waals surface area (Å²) in [6.07, 6.45) is 0.749. The monoisotopic (exact) mass is 435 g/mol. The second-order valence-electron chi connectivity index (χ2n) is 9.71. The van der Waals surface area contributed by atoms with Gasteiger partial charge >= 0.3 is 0 Å². The van der Waals surface area contributed by atoms with E-state index in [2.05, 4.69) is 6.07 Å². The number of carbonyl (C=O) groups excluding carboxylic acids is 2. The van der Waals surface area contributed by atoms with E-state index in [0.717, 1.165) is 13.1 Å². The van der Waals surface area contributed by atoms with E-state index >= 15 is 0 Å². The van der Waals surface area contributed by atoms with Crippen molar-refractivity contribution < 1.29 is 24.0 Å². The van der Waals surface area contributed by atoms with Crippen LogP contribution in [0, 0.1) is 16.7 Å². The van der Waals surface area contributed by atoms with E-state index in [0.29, 0.717) is 43.3 Å². The summed E-state index contributed by atoms with van der Waals surface area (Å²) in [5.74, 6) is -0.159. The topological polar surface area (TPSA) is 110 Å². The number of morpholine rings is 1. The summed E-state index contributed by atoms with van der Waals surface area (Å²) in [7, 11) is 0. The average molecular weight is 436 g/mol. The Kier molecular flexibility index (Phi) is 4.66. The lowest BCUT2D eigenvalue weighted by atomic mass is 9.62. The lowest BCUT2D eigenvalue weighted by Gasteiger charge is -2.41. The highest BCUT2D eigenvalue weighted by molar-refractivity contribution is 6.20. The van der Waals surface area contributed by atoms with E-state index in [1.54, 1.807) is 4.90 Å². The SMILES string of the molecule is CC1(C)CC(=O)C2=C(C1)OC(N)=C(C#N)[C@]21C(=O)N(C[NH+]2CCOCC2)c2ccccc21. The van der Waals surface area contributed by atoms with Crippen molar-refractivity contribution in [1.82, 2.24) is 0 Å². The van der Waals surface area contributed by atoms with Gasteiger partial charge in [-0.2, -0.15) is 5.26 Å². The predicted octanol–water partition coefficient (Wildman–Crippen LogP) is 0.511. The maximum atomic E-state index is 14.3. The number of Topliss-reactive ketones (excluding diaryl/α,β-unsaturated/α-hetero) is 1. The van der Waals surface area contributed by atoms with Crippen molar-refractivity contribution in [3.8, 4) is 6.07 Å². The molecule has 1 amide bonds. The Labute approximate surface area is 186 Å². The van der Waals surface area contributed by atoms with Crippen LogP contribution in [0.25, 0.3) is 0 Å². The number of amides is 1. The summed E-state index contributed by atoms with van der Waals surface area (Å²) >= 11 is 0. The van der Waals surface area contributed by atoms with Gasteiger partial charge in [-0.25, -0.2) is 0 Å². The minimum absolute atomic E-state index is 0.00114. The summed E-state index contributed by atoms with van der Waals surface area (Å²) in [5.41, 5.74) is 5.97. The van der Waals surface area contributed by atoms with Gasteiger partial charge in [-0.3, -0.25) is 14.5 Å². The van der Waals surface area contributed by atoms with Gasteiger partial charge in [-0.15, -0.1) is 0 Å². The molecule has 3 N–H and O–H groups in total. The molecule has 8 heteroatoms. The van der Waals surface area contributed by atoms with Crippen molar-refractivity contribution in [2.24, 2.45) is 11.1 Å². The molecule has 4 aliphatic rings. The van der Waals surface area contributed by atoms with E-state index in [1.165, 1.54) is 4.90 Å². The van der Waals surface area contributed by atoms with Gasteiger partial charge in [-0.05, 0) is 11.5 Å². The molecule has 1 aliphatic carbocycles. The lowest BCUT2D eigenvalue weighted by Crippen LogP contribution is -3.15. The normalized spacial score (nSPS) is 27.3. The van der Waals surface area contributed by atoms with Gasteiger partial charge in [-0.1, -0.05) is 32.0 Å². The second-order valence-corrected chi connectivity index (χ2v) is 9.71. The van der Waals surface area contributed by atoms with E-state index in [9.17, 15) is 14.9 Å².